The van der Waals surface area contributed by atoms with E-state index in [4.69, 9.17) is 9.15 Å². The number of hydrogen-bond acceptors (Lipinski definition) is 5. The van der Waals surface area contributed by atoms with E-state index in [9.17, 15) is 9.59 Å². The molecule has 7 nitrogen and oxygen atoms in total. The van der Waals surface area contributed by atoms with Crippen molar-refractivity contribution in [2.45, 2.75) is 26.4 Å². The van der Waals surface area contributed by atoms with Crippen molar-refractivity contribution in [2.24, 2.45) is 5.92 Å². The fourth-order valence-corrected chi connectivity index (χ4v) is 3.58. The number of nitrogens with one attached hydrogen (secondary N) is 2. The minimum absolute atomic E-state index is 0.0246. The molecular formula is C26H31N3O4. The predicted octanol–water partition coefficient (Wildman–Crippen LogP) is 4.24. The standard InChI is InChI=1S/C26H31N3O4/c1-19(2)26(20-11-13-22(32-3)14-12-20)27-16-25(31)29(17-23-10-7-15-33-23)18-24(30)28-21-8-5-4-6-9-21/h4-15,19,26-27H,16-18H2,1-3H3,(H,28,30)/t26-/m0/s1. The maximum absolute atomic E-state index is 13.1. The summed E-state index contributed by atoms with van der Waals surface area (Å²) in [6, 6.07) is 20.5. The van der Waals surface area contributed by atoms with Crippen LogP contribution in [0.25, 0.3) is 0 Å². The number of benzene rings is 2. The van der Waals surface area contributed by atoms with Gasteiger partial charge in [0.25, 0.3) is 0 Å². The first-order valence-electron chi connectivity index (χ1n) is 11.0. The number of furan rings is 1. The molecule has 33 heavy (non-hydrogen) atoms. The minimum atomic E-state index is -0.267. The Morgan fingerprint density at radius 1 is 1.00 bits per heavy atom. The molecule has 2 N–H and O–H groups in total. The zero-order valence-corrected chi connectivity index (χ0v) is 19.3. The number of ether oxygens (including phenoxy) is 1. The molecule has 0 bridgehead atoms. The van der Waals surface area contributed by atoms with Crippen LogP contribution in [0.2, 0.25) is 0 Å². The smallest absolute Gasteiger partial charge is 0.244 e. The van der Waals surface area contributed by atoms with Crippen molar-refractivity contribution < 1.29 is 18.7 Å². The molecule has 0 spiro atoms. The van der Waals surface area contributed by atoms with Crippen LogP contribution in [0.15, 0.2) is 77.4 Å². The van der Waals surface area contributed by atoms with Crippen LogP contribution < -0.4 is 15.4 Å². The Bertz CT molecular complexity index is 1000. The van der Waals surface area contributed by atoms with Gasteiger partial charge in [0, 0.05) is 11.7 Å². The fourth-order valence-electron chi connectivity index (χ4n) is 3.58. The molecule has 0 aliphatic rings. The van der Waals surface area contributed by atoms with Gasteiger partial charge in [-0.15, -0.1) is 0 Å². The van der Waals surface area contributed by atoms with Crippen molar-refractivity contribution in [1.82, 2.24) is 10.2 Å². The summed E-state index contributed by atoms with van der Waals surface area (Å²) in [7, 11) is 1.63. The zero-order valence-electron chi connectivity index (χ0n) is 19.3. The van der Waals surface area contributed by atoms with Gasteiger partial charge in [-0.3, -0.25) is 9.59 Å². The molecule has 0 unspecified atom stereocenters. The highest BCUT2D eigenvalue weighted by Crippen LogP contribution is 2.24. The largest absolute Gasteiger partial charge is 0.497 e. The van der Waals surface area contributed by atoms with Gasteiger partial charge in [-0.1, -0.05) is 44.2 Å². The molecule has 0 saturated carbocycles. The first kappa shape index (κ1) is 24.1. The van der Waals surface area contributed by atoms with Crippen molar-refractivity contribution >= 4 is 17.5 Å². The van der Waals surface area contributed by atoms with Crippen molar-refractivity contribution in [3.8, 4) is 5.75 Å². The van der Waals surface area contributed by atoms with E-state index >= 15 is 0 Å². The molecule has 2 amide bonds. The lowest BCUT2D eigenvalue weighted by atomic mass is 9.96. The third-order valence-corrected chi connectivity index (χ3v) is 5.29. The molecule has 1 atom stereocenters. The lowest BCUT2D eigenvalue weighted by molar-refractivity contribution is -0.134. The van der Waals surface area contributed by atoms with Crippen LogP contribution >= 0.6 is 0 Å². The molecule has 0 aliphatic carbocycles. The monoisotopic (exact) mass is 449 g/mol. The Morgan fingerprint density at radius 3 is 2.33 bits per heavy atom. The molecule has 7 heteroatoms. The van der Waals surface area contributed by atoms with Crippen molar-refractivity contribution in [3.05, 3.63) is 84.3 Å². The van der Waals surface area contributed by atoms with Gasteiger partial charge < -0.3 is 24.7 Å². The van der Waals surface area contributed by atoms with E-state index in [1.54, 1.807) is 37.6 Å². The van der Waals surface area contributed by atoms with Crippen LogP contribution in [0.1, 0.15) is 31.2 Å². The van der Waals surface area contributed by atoms with Crippen LogP contribution in [0.3, 0.4) is 0 Å². The van der Waals surface area contributed by atoms with Crippen LogP contribution in [0.5, 0.6) is 5.75 Å². The molecule has 0 radical (unpaired) electrons. The Kier molecular flexibility index (Phi) is 8.66. The van der Waals surface area contributed by atoms with Crippen LogP contribution in [-0.4, -0.2) is 36.9 Å². The number of para-hydroxylation sites is 1. The molecule has 174 valence electrons. The summed E-state index contributed by atoms with van der Waals surface area (Å²) in [5.74, 6) is 1.20. The SMILES string of the molecule is COc1ccc([C@@H](NCC(=O)N(CC(=O)Nc2ccccc2)Cc2ccco2)C(C)C)cc1. The number of carbonyl (C=O) groups is 2. The predicted molar refractivity (Wildman–Crippen MR) is 128 cm³/mol. The highest BCUT2D eigenvalue weighted by molar-refractivity contribution is 5.94. The van der Waals surface area contributed by atoms with Gasteiger partial charge in [0.15, 0.2) is 0 Å². The Hall–Kier alpha value is -3.58. The van der Waals surface area contributed by atoms with Gasteiger partial charge >= 0.3 is 0 Å². The molecule has 3 rings (SSSR count). The number of methoxy groups -OCH3 is 1. The van der Waals surface area contributed by atoms with Gasteiger partial charge in [-0.2, -0.15) is 0 Å². The van der Waals surface area contributed by atoms with E-state index < -0.39 is 0 Å². The van der Waals surface area contributed by atoms with Crippen molar-refractivity contribution in [1.29, 1.82) is 0 Å². The van der Waals surface area contributed by atoms with Crippen LogP contribution in [0.4, 0.5) is 5.69 Å². The highest BCUT2D eigenvalue weighted by atomic mass is 16.5. The normalized spacial score (nSPS) is 11.8. The third kappa shape index (κ3) is 7.22. The average molecular weight is 450 g/mol. The van der Waals surface area contributed by atoms with Gasteiger partial charge in [0.1, 0.15) is 18.1 Å². The summed E-state index contributed by atoms with van der Waals surface area (Å²) in [4.78, 5) is 27.2. The fraction of sp³-hybridized carbons (Fsp3) is 0.308. The molecule has 1 aromatic heterocycles. The zero-order chi connectivity index (χ0) is 23.6. The summed E-state index contributed by atoms with van der Waals surface area (Å²) < 4.78 is 10.7. The van der Waals surface area contributed by atoms with E-state index in [1.165, 1.54) is 4.90 Å². The highest BCUT2D eigenvalue weighted by Gasteiger charge is 2.22. The number of rotatable bonds is 11. The van der Waals surface area contributed by atoms with Crippen LogP contribution in [-0.2, 0) is 16.1 Å². The number of hydrogen-bond donors (Lipinski definition) is 2. The number of amides is 2. The van der Waals surface area contributed by atoms with Gasteiger partial charge in [0.2, 0.25) is 11.8 Å². The van der Waals surface area contributed by atoms with E-state index in [2.05, 4.69) is 24.5 Å². The Morgan fingerprint density at radius 2 is 1.73 bits per heavy atom. The number of anilines is 1. The van der Waals surface area contributed by atoms with E-state index in [-0.39, 0.29) is 43.4 Å². The average Bonchev–Trinajstić information content (AvgIpc) is 3.32. The molecule has 2 aromatic carbocycles. The van der Waals surface area contributed by atoms with E-state index in [0.717, 1.165) is 11.3 Å². The molecule has 0 saturated heterocycles. The first-order valence-corrected chi connectivity index (χ1v) is 11.0. The maximum Gasteiger partial charge on any atom is 0.244 e. The van der Waals surface area contributed by atoms with Crippen molar-refractivity contribution in [3.63, 3.8) is 0 Å². The number of carbonyl (C=O) groups excluding carboxylic acids is 2. The summed E-state index contributed by atoms with van der Waals surface area (Å²) in [5, 5.41) is 6.19. The lowest BCUT2D eigenvalue weighted by Gasteiger charge is -2.26. The number of nitrogens with zero attached hydrogens (tertiary/aromatic N) is 1. The first-order chi connectivity index (χ1) is 16.0. The summed E-state index contributed by atoms with van der Waals surface area (Å²) in [5.41, 5.74) is 1.75. The maximum atomic E-state index is 13.1. The second kappa shape index (κ2) is 11.9. The molecule has 3 aromatic rings. The third-order valence-electron chi connectivity index (χ3n) is 5.29. The summed E-state index contributed by atoms with van der Waals surface area (Å²) in [6.07, 6.45) is 1.55. The minimum Gasteiger partial charge on any atom is -0.497 e. The molecule has 0 fully saturated rings. The van der Waals surface area contributed by atoms with E-state index in [1.807, 2.05) is 42.5 Å². The Labute approximate surface area is 194 Å². The van der Waals surface area contributed by atoms with Gasteiger partial charge in [-0.25, -0.2) is 0 Å². The summed E-state index contributed by atoms with van der Waals surface area (Å²) >= 11 is 0. The second-order valence-electron chi connectivity index (χ2n) is 8.12. The molecule has 0 aliphatic heterocycles. The Balaban J connectivity index is 1.66. The van der Waals surface area contributed by atoms with Gasteiger partial charge in [0.05, 0.1) is 26.5 Å². The van der Waals surface area contributed by atoms with Crippen molar-refractivity contribution in [2.75, 3.05) is 25.5 Å². The topological polar surface area (TPSA) is 83.8 Å². The molecule has 1 heterocycles. The molecular weight excluding hydrogens is 418 g/mol. The lowest BCUT2D eigenvalue weighted by Crippen LogP contribution is -2.43. The van der Waals surface area contributed by atoms with Gasteiger partial charge in [-0.05, 0) is 47.9 Å². The summed E-state index contributed by atoms with van der Waals surface area (Å²) in [6.45, 7) is 4.42. The second-order valence-corrected chi connectivity index (χ2v) is 8.12. The van der Waals surface area contributed by atoms with Crippen LogP contribution in [0, 0.1) is 5.92 Å². The quantitative estimate of drug-likeness (QED) is 0.457. The van der Waals surface area contributed by atoms with E-state index in [0.29, 0.717) is 11.4 Å².